The number of amides is 1. The van der Waals surface area contributed by atoms with Gasteiger partial charge in [0.15, 0.2) is 0 Å². The molecule has 1 N–H and O–H groups in total. The normalized spacial score (nSPS) is 11.6. The molecular weight excluding hydrogens is 368 g/mol. The average molecular weight is 385 g/mol. The minimum atomic E-state index is -4.63. The number of sulfone groups is 1. The topological polar surface area (TPSA) is 63.2 Å². The highest BCUT2D eigenvalue weighted by Gasteiger charge is 2.26. The first-order valence-electron chi connectivity index (χ1n) is 7.32. The number of hydrogen-bond donors (Lipinski definition) is 1. The summed E-state index contributed by atoms with van der Waals surface area (Å²) in [4.78, 5) is 12.5. The number of hydrogen-bond acceptors (Lipinski definition) is 4. The lowest BCUT2D eigenvalue weighted by Gasteiger charge is -2.09. The fourth-order valence-electron chi connectivity index (χ4n) is 2.03. The van der Waals surface area contributed by atoms with Crippen molar-refractivity contribution in [3.8, 4) is 0 Å². The van der Waals surface area contributed by atoms with Crippen molar-refractivity contribution in [2.75, 3.05) is 11.1 Å². The molecule has 0 aliphatic heterocycles. The molecule has 25 heavy (non-hydrogen) atoms. The van der Waals surface area contributed by atoms with Gasteiger partial charge in [-0.2, -0.15) is 8.78 Å². The van der Waals surface area contributed by atoms with Crippen LogP contribution < -0.4 is 5.32 Å². The number of alkyl halides is 2. The number of carbonyl (C=O) groups excluding carboxylic acids is 1. The summed E-state index contributed by atoms with van der Waals surface area (Å²) in [5.41, 5.74) is 2.52. The first-order chi connectivity index (χ1) is 11.7. The van der Waals surface area contributed by atoms with Crippen LogP contribution in [0.2, 0.25) is 0 Å². The standard InChI is InChI=1S/C17H17F2NO3S2/c1-11-3-4-12(2)15(9-11)24-10-16(21)20-13-5-7-14(8-6-13)25(22,23)17(18)19/h3-9,17H,10H2,1-2H3,(H,20,21). The Morgan fingerprint density at radius 3 is 2.36 bits per heavy atom. The van der Waals surface area contributed by atoms with Crippen LogP contribution in [-0.2, 0) is 14.6 Å². The Morgan fingerprint density at radius 2 is 1.76 bits per heavy atom. The van der Waals surface area contributed by atoms with Gasteiger partial charge < -0.3 is 5.32 Å². The highest BCUT2D eigenvalue weighted by Crippen LogP contribution is 2.24. The van der Waals surface area contributed by atoms with E-state index < -0.39 is 20.5 Å². The van der Waals surface area contributed by atoms with E-state index in [0.29, 0.717) is 5.69 Å². The summed E-state index contributed by atoms with van der Waals surface area (Å²) in [7, 11) is -4.63. The van der Waals surface area contributed by atoms with Crippen molar-refractivity contribution in [3.05, 3.63) is 53.6 Å². The summed E-state index contributed by atoms with van der Waals surface area (Å²) in [6.45, 7) is 3.93. The Labute approximate surface area is 149 Å². The zero-order valence-electron chi connectivity index (χ0n) is 13.6. The maximum absolute atomic E-state index is 12.5. The lowest BCUT2D eigenvalue weighted by atomic mass is 10.2. The van der Waals surface area contributed by atoms with Crippen molar-refractivity contribution in [2.24, 2.45) is 0 Å². The highest BCUT2D eigenvalue weighted by atomic mass is 32.2. The molecule has 2 aromatic rings. The molecule has 4 nitrogen and oxygen atoms in total. The second-order valence-electron chi connectivity index (χ2n) is 5.44. The van der Waals surface area contributed by atoms with E-state index in [0.717, 1.165) is 28.2 Å². The molecule has 0 aromatic heterocycles. The van der Waals surface area contributed by atoms with Gasteiger partial charge in [0.2, 0.25) is 15.7 Å². The van der Waals surface area contributed by atoms with Gasteiger partial charge >= 0.3 is 5.76 Å². The summed E-state index contributed by atoms with van der Waals surface area (Å²) < 4.78 is 47.6. The molecule has 0 bridgehead atoms. The number of benzene rings is 2. The van der Waals surface area contributed by atoms with Gasteiger partial charge in [0.05, 0.1) is 10.6 Å². The van der Waals surface area contributed by atoms with Crippen molar-refractivity contribution in [1.29, 1.82) is 0 Å². The maximum Gasteiger partial charge on any atom is 0.341 e. The molecule has 0 spiro atoms. The van der Waals surface area contributed by atoms with E-state index in [-0.39, 0.29) is 11.7 Å². The Bertz CT molecular complexity index is 866. The minimum absolute atomic E-state index is 0.182. The molecule has 2 rings (SSSR count). The molecule has 1 amide bonds. The fraction of sp³-hybridized carbons (Fsp3) is 0.235. The van der Waals surface area contributed by atoms with Gasteiger partial charge in [0.25, 0.3) is 0 Å². The van der Waals surface area contributed by atoms with Gasteiger partial charge in [-0.3, -0.25) is 4.79 Å². The lowest BCUT2D eigenvalue weighted by Crippen LogP contribution is -2.15. The van der Waals surface area contributed by atoms with Crippen molar-refractivity contribution in [3.63, 3.8) is 0 Å². The number of rotatable bonds is 6. The lowest BCUT2D eigenvalue weighted by molar-refractivity contribution is -0.113. The first-order valence-corrected chi connectivity index (χ1v) is 9.85. The summed E-state index contributed by atoms with van der Waals surface area (Å²) in [6, 6.07) is 10.7. The van der Waals surface area contributed by atoms with E-state index in [1.807, 2.05) is 32.0 Å². The molecule has 0 aliphatic rings. The molecule has 0 aliphatic carbocycles. The molecule has 8 heteroatoms. The predicted octanol–water partition coefficient (Wildman–Crippen LogP) is 4.03. The molecule has 0 heterocycles. The van der Waals surface area contributed by atoms with E-state index in [1.54, 1.807) is 0 Å². The quantitative estimate of drug-likeness (QED) is 0.763. The maximum atomic E-state index is 12.5. The third-order valence-corrected chi connectivity index (χ3v) is 5.96. The van der Waals surface area contributed by atoms with Crippen molar-refractivity contribution >= 4 is 33.2 Å². The van der Waals surface area contributed by atoms with Gasteiger partial charge in [-0.1, -0.05) is 17.7 Å². The van der Waals surface area contributed by atoms with Crippen LogP contribution in [0.15, 0.2) is 52.3 Å². The van der Waals surface area contributed by atoms with E-state index in [9.17, 15) is 22.0 Å². The van der Waals surface area contributed by atoms with Crippen molar-refractivity contribution < 1.29 is 22.0 Å². The van der Waals surface area contributed by atoms with Gasteiger partial charge in [-0.15, -0.1) is 11.8 Å². The minimum Gasteiger partial charge on any atom is -0.325 e. The summed E-state index contributed by atoms with van der Waals surface area (Å²) in [5, 5.41) is 2.61. The van der Waals surface area contributed by atoms with Crippen molar-refractivity contribution in [1.82, 2.24) is 0 Å². The van der Waals surface area contributed by atoms with Gasteiger partial charge in [-0.25, -0.2) is 8.42 Å². The Kier molecular flexibility index (Phi) is 6.18. The second-order valence-corrected chi connectivity index (χ2v) is 8.37. The highest BCUT2D eigenvalue weighted by molar-refractivity contribution is 8.00. The van der Waals surface area contributed by atoms with E-state index in [2.05, 4.69) is 5.32 Å². The molecule has 134 valence electrons. The summed E-state index contributed by atoms with van der Waals surface area (Å²) in [6.07, 6.45) is 0. The monoisotopic (exact) mass is 385 g/mol. The first kappa shape index (κ1) is 19.4. The molecule has 0 saturated carbocycles. The average Bonchev–Trinajstić information content (AvgIpc) is 2.56. The Hall–Kier alpha value is -1.93. The number of halogens is 2. The number of aryl methyl sites for hydroxylation is 2. The zero-order chi connectivity index (χ0) is 18.6. The van der Waals surface area contributed by atoms with Crippen LogP contribution in [0.25, 0.3) is 0 Å². The predicted molar refractivity (Wildman–Crippen MR) is 94.9 cm³/mol. The van der Waals surface area contributed by atoms with E-state index >= 15 is 0 Å². The molecule has 0 unspecified atom stereocenters. The largest absolute Gasteiger partial charge is 0.341 e. The molecule has 0 fully saturated rings. The number of anilines is 1. The Balaban J connectivity index is 1.98. The van der Waals surface area contributed by atoms with Crippen LogP contribution in [0.5, 0.6) is 0 Å². The molecule has 0 atom stereocenters. The van der Waals surface area contributed by atoms with E-state index in [1.165, 1.54) is 23.9 Å². The Morgan fingerprint density at radius 1 is 1.12 bits per heavy atom. The number of nitrogens with one attached hydrogen (secondary N) is 1. The van der Waals surface area contributed by atoms with Crippen LogP contribution >= 0.6 is 11.8 Å². The number of thioether (sulfide) groups is 1. The molecule has 0 saturated heterocycles. The van der Waals surface area contributed by atoms with Gasteiger partial charge in [0, 0.05) is 10.6 Å². The van der Waals surface area contributed by atoms with Gasteiger partial charge in [0.1, 0.15) is 0 Å². The van der Waals surface area contributed by atoms with Gasteiger partial charge in [-0.05, 0) is 49.7 Å². The third-order valence-electron chi connectivity index (χ3n) is 3.40. The smallest absolute Gasteiger partial charge is 0.325 e. The molecular formula is C17H17F2NO3S2. The van der Waals surface area contributed by atoms with Crippen LogP contribution in [0.4, 0.5) is 14.5 Å². The zero-order valence-corrected chi connectivity index (χ0v) is 15.3. The fourth-order valence-corrected chi connectivity index (χ4v) is 3.68. The van der Waals surface area contributed by atoms with Crippen LogP contribution in [0.3, 0.4) is 0 Å². The van der Waals surface area contributed by atoms with Crippen LogP contribution in [-0.4, -0.2) is 25.8 Å². The second kappa shape index (κ2) is 7.97. The van der Waals surface area contributed by atoms with Crippen molar-refractivity contribution in [2.45, 2.75) is 29.4 Å². The van der Waals surface area contributed by atoms with Crippen LogP contribution in [0.1, 0.15) is 11.1 Å². The van der Waals surface area contributed by atoms with Crippen LogP contribution in [0, 0.1) is 13.8 Å². The molecule has 0 radical (unpaired) electrons. The SMILES string of the molecule is Cc1ccc(C)c(SCC(=O)Nc2ccc(S(=O)(=O)C(F)F)cc2)c1. The molecule has 2 aromatic carbocycles. The van der Waals surface area contributed by atoms with E-state index in [4.69, 9.17) is 0 Å². The summed E-state index contributed by atoms with van der Waals surface area (Å²) >= 11 is 1.39. The number of carbonyl (C=O) groups is 1. The summed E-state index contributed by atoms with van der Waals surface area (Å²) in [5.74, 6) is -3.56. The third kappa shape index (κ3) is 5.02.